The minimum absolute atomic E-state index is 0.165. The minimum atomic E-state index is -0.386. The SMILES string of the molecule is CC(NC(=O)c1cc(N)cc(Cl)c1Cl)c1ncn[nH]1. The normalized spacial score (nSPS) is 12.2. The van der Waals surface area contributed by atoms with E-state index in [1.54, 1.807) is 6.92 Å². The van der Waals surface area contributed by atoms with Crippen LogP contribution >= 0.6 is 23.2 Å². The van der Waals surface area contributed by atoms with Gasteiger partial charge in [-0.3, -0.25) is 9.89 Å². The van der Waals surface area contributed by atoms with Gasteiger partial charge in [0.15, 0.2) is 0 Å². The van der Waals surface area contributed by atoms with E-state index >= 15 is 0 Å². The molecule has 0 saturated heterocycles. The highest BCUT2D eigenvalue weighted by Gasteiger charge is 2.18. The highest BCUT2D eigenvalue weighted by atomic mass is 35.5. The second kappa shape index (κ2) is 5.46. The maximum Gasteiger partial charge on any atom is 0.253 e. The van der Waals surface area contributed by atoms with Crippen LogP contribution < -0.4 is 11.1 Å². The summed E-state index contributed by atoms with van der Waals surface area (Å²) in [6.45, 7) is 1.76. The van der Waals surface area contributed by atoms with Crippen molar-refractivity contribution in [2.45, 2.75) is 13.0 Å². The Kier molecular flexibility index (Phi) is 3.92. The molecule has 2 rings (SSSR count). The van der Waals surface area contributed by atoms with Crippen LogP contribution in [0.1, 0.15) is 29.1 Å². The highest BCUT2D eigenvalue weighted by molar-refractivity contribution is 6.44. The first-order valence-corrected chi connectivity index (χ1v) is 6.15. The maximum atomic E-state index is 12.1. The molecular weight excluding hydrogens is 289 g/mol. The first kappa shape index (κ1) is 13.6. The van der Waals surface area contributed by atoms with Crippen molar-refractivity contribution in [1.29, 1.82) is 0 Å². The Bertz CT molecular complexity index is 599. The second-order valence-electron chi connectivity index (χ2n) is 3.93. The highest BCUT2D eigenvalue weighted by Crippen LogP contribution is 2.29. The fourth-order valence-electron chi connectivity index (χ4n) is 1.54. The number of aromatic amines is 1. The number of anilines is 1. The Morgan fingerprint density at radius 3 is 2.84 bits per heavy atom. The molecule has 0 bridgehead atoms. The largest absolute Gasteiger partial charge is 0.399 e. The molecule has 0 aliphatic heterocycles. The third kappa shape index (κ3) is 2.97. The average Bonchev–Trinajstić information content (AvgIpc) is 2.87. The summed E-state index contributed by atoms with van der Waals surface area (Å²) >= 11 is 11.9. The Balaban J connectivity index is 2.21. The van der Waals surface area contributed by atoms with Crippen molar-refractivity contribution < 1.29 is 4.79 Å². The number of nitrogens with two attached hydrogens (primary N) is 1. The number of carbonyl (C=O) groups is 1. The number of benzene rings is 1. The minimum Gasteiger partial charge on any atom is -0.399 e. The zero-order chi connectivity index (χ0) is 14.0. The van der Waals surface area contributed by atoms with Crippen LogP contribution in [0.3, 0.4) is 0 Å². The molecule has 0 aliphatic carbocycles. The number of nitrogens with one attached hydrogen (secondary N) is 2. The zero-order valence-corrected chi connectivity index (χ0v) is 11.5. The van der Waals surface area contributed by atoms with Gasteiger partial charge in [-0.05, 0) is 19.1 Å². The van der Waals surface area contributed by atoms with E-state index in [4.69, 9.17) is 28.9 Å². The molecule has 6 nitrogen and oxygen atoms in total. The summed E-state index contributed by atoms with van der Waals surface area (Å²) in [6, 6.07) is 2.61. The van der Waals surface area contributed by atoms with Crippen molar-refractivity contribution in [2.75, 3.05) is 5.73 Å². The predicted molar refractivity (Wildman–Crippen MR) is 73.1 cm³/mol. The van der Waals surface area contributed by atoms with Gasteiger partial charge in [0.2, 0.25) is 0 Å². The molecular formula is C11H11Cl2N5O. The molecule has 0 spiro atoms. The summed E-state index contributed by atoms with van der Waals surface area (Å²) in [6.07, 6.45) is 1.36. The summed E-state index contributed by atoms with van der Waals surface area (Å²) in [5.74, 6) is 0.155. The number of aromatic nitrogens is 3. The fraction of sp³-hybridized carbons (Fsp3) is 0.182. The summed E-state index contributed by atoms with van der Waals surface area (Å²) in [5.41, 5.74) is 6.23. The van der Waals surface area contributed by atoms with Crippen LogP contribution in [0, 0.1) is 0 Å². The molecule has 19 heavy (non-hydrogen) atoms. The van der Waals surface area contributed by atoms with E-state index in [0.717, 1.165) is 0 Å². The molecule has 0 saturated carbocycles. The average molecular weight is 300 g/mol. The Labute approximate surface area is 119 Å². The molecule has 1 heterocycles. The molecule has 0 aliphatic rings. The zero-order valence-electron chi connectivity index (χ0n) is 9.95. The van der Waals surface area contributed by atoms with E-state index in [-0.39, 0.29) is 27.6 Å². The Hall–Kier alpha value is -1.79. The summed E-state index contributed by atoms with van der Waals surface area (Å²) in [5, 5.41) is 9.51. The van der Waals surface area contributed by atoms with Gasteiger partial charge in [0.05, 0.1) is 21.7 Å². The first-order chi connectivity index (χ1) is 8.99. The number of carbonyl (C=O) groups excluding carboxylic acids is 1. The number of H-pyrrole nitrogens is 1. The van der Waals surface area contributed by atoms with Crippen molar-refractivity contribution in [3.63, 3.8) is 0 Å². The van der Waals surface area contributed by atoms with Crippen molar-refractivity contribution in [2.24, 2.45) is 0 Å². The molecule has 1 amide bonds. The second-order valence-corrected chi connectivity index (χ2v) is 4.72. The van der Waals surface area contributed by atoms with Crippen LogP contribution in [0.15, 0.2) is 18.5 Å². The first-order valence-electron chi connectivity index (χ1n) is 5.39. The topological polar surface area (TPSA) is 96.7 Å². The van der Waals surface area contributed by atoms with E-state index in [1.165, 1.54) is 18.5 Å². The molecule has 1 unspecified atom stereocenters. The number of hydrogen-bond donors (Lipinski definition) is 3. The molecule has 8 heteroatoms. The number of rotatable bonds is 3. The lowest BCUT2D eigenvalue weighted by Crippen LogP contribution is -2.27. The quantitative estimate of drug-likeness (QED) is 0.757. The van der Waals surface area contributed by atoms with E-state index < -0.39 is 0 Å². The summed E-state index contributed by atoms with van der Waals surface area (Å²) in [7, 11) is 0. The van der Waals surface area contributed by atoms with Crippen molar-refractivity contribution in [1.82, 2.24) is 20.5 Å². The smallest absolute Gasteiger partial charge is 0.253 e. The van der Waals surface area contributed by atoms with Gasteiger partial charge >= 0.3 is 0 Å². The maximum absolute atomic E-state index is 12.1. The van der Waals surface area contributed by atoms with E-state index in [1.807, 2.05) is 0 Å². The van der Waals surface area contributed by atoms with Gasteiger partial charge in [0.1, 0.15) is 12.2 Å². The van der Waals surface area contributed by atoms with E-state index in [9.17, 15) is 4.79 Å². The van der Waals surface area contributed by atoms with Crippen molar-refractivity contribution in [3.8, 4) is 0 Å². The lowest BCUT2D eigenvalue weighted by Gasteiger charge is -2.13. The molecule has 2 aromatic rings. The monoisotopic (exact) mass is 299 g/mol. The lowest BCUT2D eigenvalue weighted by molar-refractivity contribution is 0.0938. The summed E-state index contributed by atoms with van der Waals surface area (Å²) < 4.78 is 0. The van der Waals surface area contributed by atoms with Gasteiger partial charge in [-0.1, -0.05) is 23.2 Å². The number of amides is 1. The van der Waals surface area contributed by atoms with Gasteiger partial charge in [-0.25, -0.2) is 4.98 Å². The summed E-state index contributed by atoms with van der Waals surface area (Å²) in [4.78, 5) is 16.1. The van der Waals surface area contributed by atoms with Crippen molar-refractivity contribution >= 4 is 34.8 Å². The Morgan fingerprint density at radius 1 is 1.47 bits per heavy atom. The van der Waals surface area contributed by atoms with Crippen LogP contribution in [0.5, 0.6) is 0 Å². The van der Waals surface area contributed by atoms with Gasteiger partial charge in [0, 0.05) is 5.69 Å². The van der Waals surface area contributed by atoms with Gasteiger partial charge in [-0.15, -0.1) is 0 Å². The lowest BCUT2D eigenvalue weighted by atomic mass is 10.1. The van der Waals surface area contributed by atoms with Gasteiger partial charge in [0.25, 0.3) is 5.91 Å². The standard InChI is InChI=1S/C11H11Cl2N5O/c1-5(10-15-4-16-18-10)17-11(19)7-2-6(14)3-8(12)9(7)13/h2-5H,14H2,1H3,(H,17,19)(H,15,16,18). The van der Waals surface area contributed by atoms with Crippen LogP contribution in [-0.4, -0.2) is 21.1 Å². The predicted octanol–water partition coefficient (Wildman–Crippen LogP) is 2.18. The number of hydrogen-bond acceptors (Lipinski definition) is 4. The van der Waals surface area contributed by atoms with Crippen LogP contribution in [-0.2, 0) is 0 Å². The molecule has 0 radical (unpaired) electrons. The third-order valence-electron chi connectivity index (χ3n) is 2.49. The molecule has 1 aromatic heterocycles. The molecule has 100 valence electrons. The van der Waals surface area contributed by atoms with E-state index in [2.05, 4.69) is 20.5 Å². The number of nitrogens with zero attached hydrogens (tertiary/aromatic N) is 2. The van der Waals surface area contributed by atoms with E-state index in [0.29, 0.717) is 11.5 Å². The van der Waals surface area contributed by atoms with Crippen LogP contribution in [0.4, 0.5) is 5.69 Å². The van der Waals surface area contributed by atoms with Gasteiger partial charge in [-0.2, -0.15) is 5.10 Å². The number of halogens is 2. The number of nitrogen functional groups attached to an aromatic ring is 1. The van der Waals surface area contributed by atoms with Gasteiger partial charge < -0.3 is 11.1 Å². The molecule has 4 N–H and O–H groups in total. The molecule has 1 atom stereocenters. The molecule has 1 aromatic carbocycles. The van der Waals surface area contributed by atoms with Crippen LogP contribution in [0.2, 0.25) is 10.0 Å². The third-order valence-corrected chi connectivity index (χ3v) is 3.29. The van der Waals surface area contributed by atoms with Crippen molar-refractivity contribution in [3.05, 3.63) is 39.9 Å². The molecule has 0 fully saturated rings. The Morgan fingerprint density at radius 2 is 2.21 bits per heavy atom. The van der Waals surface area contributed by atoms with Crippen LogP contribution in [0.25, 0.3) is 0 Å². The fourth-order valence-corrected chi connectivity index (χ4v) is 1.96.